The summed E-state index contributed by atoms with van der Waals surface area (Å²) < 4.78 is 0. The van der Waals surface area contributed by atoms with Crippen LogP contribution in [0.3, 0.4) is 0 Å². The van der Waals surface area contributed by atoms with Gasteiger partial charge < -0.3 is 10.6 Å². The lowest BCUT2D eigenvalue weighted by atomic mass is 9.92. The molecule has 1 aliphatic heterocycles. The van der Waals surface area contributed by atoms with Crippen LogP contribution in [0.4, 0.5) is 11.4 Å². The quantitative estimate of drug-likeness (QED) is 0.683. The molecule has 1 aromatic rings. The third-order valence-corrected chi connectivity index (χ3v) is 4.16. The van der Waals surface area contributed by atoms with Crippen molar-refractivity contribution in [3.63, 3.8) is 0 Å². The van der Waals surface area contributed by atoms with Crippen molar-refractivity contribution in [3.8, 4) is 0 Å². The van der Waals surface area contributed by atoms with Gasteiger partial charge in [0, 0.05) is 31.6 Å². The largest absolute Gasteiger partial charge is 0.370 e. The Kier molecular flexibility index (Phi) is 4.67. The summed E-state index contributed by atoms with van der Waals surface area (Å²) in [7, 11) is 0. The number of carbonyl (C=O) groups is 1. The number of benzene rings is 1. The molecule has 1 amide bonds. The Bertz CT molecular complexity index is 546. The van der Waals surface area contributed by atoms with Crippen LogP contribution in [-0.2, 0) is 4.79 Å². The third kappa shape index (κ3) is 3.64. The third-order valence-electron chi connectivity index (χ3n) is 3.87. The van der Waals surface area contributed by atoms with Gasteiger partial charge in [-0.25, -0.2) is 0 Å². The first-order chi connectivity index (χ1) is 9.88. The first-order valence-corrected chi connectivity index (χ1v) is 7.24. The van der Waals surface area contributed by atoms with Crippen LogP contribution in [0, 0.1) is 23.0 Å². The highest BCUT2D eigenvalue weighted by Crippen LogP contribution is 2.36. The molecule has 0 aromatic heterocycles. The number of non-ortho nitro benzene ring substituents is 1. The van der Waals surface area contributed by atoms with E-state index in [1.165, 1.54) is 12.1 Å². The maximum Gasteiger partial charge on any atom is 0.271 e. The molecule has 1 aliphatic rings. The summed E-state index contributed by atoms with van der Waals surface area (Å²) in [6.45, 7) is 3.37. The Morgan fingerprint density at radius 1 is 1.48 bits per heavy atom. The van der Waals surface area contributed by atoms with Gasteiger partial charge in [0.05, 0.1) is 15.6 Å². The number of nitrogens with zero attached hydrogens (tertiary/aromatic N) is 2. The van der Waals surface area contributed by atoms with Crippen LogP contribution in [0.1, 0.15) is 24.8 Å². The number of anilines is 1. The van der Waals surface area contributed by atoms with Crippen molar-refractivity contribution < 1.29 is 9.72 Å². The number of nitro benzene ring substituents is 1. The molecule has 0 aliphatic carbocycles. The Morgan fingerprint density at radius 2 is 2.10 bits per heavy atom. The summed E-state index contributed by atoms with van der Waals surface area (Å²) in [6.07, 6.45) is 2.16. The van der Waals surface area contributed by atoms with Crippen molar-refractivity contribution >= 4 is 28.9 Å². The predicted octanol–water partition coefficient (Wildman–Crippen LogP) is 2.65. The standard InChI is InChI=1S/C14H18ClN3O3/c1-9-6-11(18(20)21)8-12(15)14(9)17-4-2-10(3-5-17)7-13(16)19/h6,8,10H,2-5,7H2,1H3,(H2,16,19). The molecule has 0 radical (unpaired) electrons. The normalized spacial score (nSPS) is 16.0. The highest BCUT2D eigenvalue weighted by molar-refractivity contribution is 6.33. The van der Waals surface area contributed by atoms with Crippen molar-refractivity contribution in [1.29, 1.82) is 0 Å². The number of primary amides is 1. The summed E-state index contributed by atoms with van der Waals surface area (Å²) >= 11 is 6.21. The lowest BCUT2D eigenvalue weighted by molar-refractivity contribution is -0.384. The summed E-state index contributed by atoms with van der Waals surface area (Å²) in [5.74, 6) is 0.0499. The second kappa shape index (κ2) is 6.30. The van der Waals surface area contributed by atoms with E-state index in [4.69, 9.17) is 17.3 Å². The van der Waals surface area contributed by atoms with Gasteiger partial charge in [0.2, 0.25) is 5.91 Å². The monoisotopic (exact) mass is 311 g/mol. The molecule has 7 heteroatoms. The molecule has 1 fully saturated rings. The highest BCUT2D eigenvalue weighted by atomic mass is 35.5. The zero-order chi connectivity index (χ0) is 15.6. The molecule has 0 atom stereocenters. The van der Waals surface area contributed by atoms with Gasteiger partial charge in [0.1, 0.15) is 0 Å². The van der Waals surface area contributed by atoms with Gasteiger partial charge in [0.25, 0.3) is 5.69 Å². The molecule has 2 rings (SSSR count). The van der Waals surface area contributed by atoms with Crippen LogP contribution in [-0.4, -0.2) is 23.9 Å². The molecule has 2 N–H and O–H groups in total. The zero-order valence-corrected chi connectivity index (χ0v) is 12.6. The van der Waals surface area contributed by atoms with Crippen molar-refractivity contribution in [1.82, 2.24) is 0 Å². The number of hydrogen-bond acceptors (Lipinski definition) is 4. The molecule has 1 heterocycles. The topological polar surface area (TPSA) is 89.5 Å². The lowest BCUT2D eigenvalue weighted by Gasteiger charge is -2.34. The van der Waals surface area contributed by atoms with E-state index in [9.17, 15) is 14.9 Å². The molecular weight excluding hydrogens is 294 g/mol. The van der Waals surface area contributed by atoms with Crippen molar-refractivity contribution in [2.75, 3.05) is 18.0 Å². The first kappa shape index (κ1) is 15.6. The van der Waals surface area contributed by atoms with Gasteiger partial charge in [-0.1, -0.05) is 11.6 Å². The number of nitro groups is 1. The summed E-state index contributed by atoms with van der Waals surface area (Å²) in [4.78, 5) is 23.5. The van der Waals surface area contributed by atoms with Gasteiger partial charge in [-0.3, -0.25) is 14.9 Å². The van der Waals surface area contributed by atoms with E-state index >= 15 is 0 Å². The van der Waals surface area contributed by atoms with Gasteiger partial charge in [0.15, 0.2) is 0 Å². The van der Waals surface area contributed by atoms with Crippen LogP contribution < -0.4 is 10.6 Å². The van der Waals surface area contributed by atoms with Crippen LogP contribution in [0.15, 0.2) is 12.1 Å². The Balaban J connectivity index is 2.13. The predicted molar refractivity (Wildman–Crippen MR) is 81.6 cm³/mol. The van der Waals surface area contributed by atoms with E-state index in [0.717, 1.165) is 37.2 Å². The fraction of sp³-hybridized carbons (Fsp3) is 0.500. The molecule has 114 valence electrons. The molecular formula is C14H18ClN3O3. The summed E-state index contributed by atoms with van der Waals surface area (Å²) in [5.41, 5.74) is 6.87. The van der Waals surface area contributed by atoms with Gasteiger partial charge in [-0.05, 0) is 31.2 Å². The second-order valence-corrected chi connectivity index (χ2v) is 5.86. The van der Waals surface area contributed by atoms with Crippen LogP contribution >= 0.6 is 11.6 Å². The Morgan fingerprint density at radius 3 is 2.57 bits per heavy atom. The Labute approximate surface area is 128 Å². The number of aryl methyl sites for hydroxylation is 1. The van der Waals surface area contributed by atoms with Gasteiger partial charge in [-0.15, -0.1) is 0 Å². The van der Waals surface area contributed by atoms with Crippen molar-refractivity contribution in [2.24, 2.45) is 11.7 Å². The minimum Gasteiger partial charge on any atom is -0.370 e. The number of halogens is 1. The zero-order valence-electron chi connectivity index (χ0n) is 11.8. The maximum absolute atomic E-state index is 11.0. The van der Waals surface area contributed by atoms with E-state index in [1.54, 1.807) is 0 Å². The number of piperidine rings is 1. The number of rotatable bonds is 4. The average molecular weight is 312 g/mol. The van der Waals surface area contributed by atoms with E-state index in [1.807, 2.05) is 6.92 Å². The maximum atomic E-state index is 11.0. The molecule has 6 nitrogen and oxygen atoms in total. The second-order valence-electron chi connectivity index (χ2n) is 5.45. The van der Waals surface area contributed by atoms with E-state index < -0.39 is 4.92 Å². The van der Waals surface area contributed by atoms with Crippen LogP contribution in [0.5, 0.6) is 0 Å². The lowest BCUT2D eigenvalue weighted by Crippen LogP contribution is -2.35. The number of nitrogens with two attached hydrogens (primary N) is 1. The molecule has 0 bridgehead atoms. The van der Waals surface area contributed by atoms with Crippen LogP contribution in [0.25, 0.3) is 0 Å². The smallest absolute Gasteiger partial charge is 0.271 e. The van der Waals surface area contributed by atoms with Crippen molar-refractivity contribution in [3.05, 3.63) is 32.8 Å². The fourth-order valence-corrected chi connectivity index (χ4v) is 3.25. The Hall–Kier alpha value is -1.82. The molecule has 0 unspecified atom stereocenters. The molecule has 0 spiro atoms. The number of amides is 1. The highest BCUT2D eigenvalue weighted by Gasteiger charge is 2.24. The minimum absolute atomic E-state index is 0.00450. The van der Waals surface area contributed by atoms with Gasteiger partial charge in [-0.2, -0.15) is 0 Å². The SMILES string of the molecule is Cc1cc([N+](=O)[O-])cc(Cl)c1N1CCC(CC(N)=O)CC1. The van der Waals surface area contributed by atoms with E-state index in [2.05, 4.69) is 4.90 Å². The van der Waals surface area contributed by atoms with Crippen LogP contribution in [0.2, 0.25) is 5.02 Å². The number of hydrogen-bond donors (Lipinski definition) is 1. The summed E-state index contributed by atoms with van der Waals surface area (Å²) in [5, 5.41) is 11.2. The minimum atomic E-state index is -0.443. The molecule has 1 saturated heterocycles. The number of carbonyl (C=O) groups excluding carboxylic acids is 1. The summed E-state index contributed by atoms with van der Waals surface area (Å²) in [6, 6.07) is 2.93. The van der Waals surface area contributed by atoms with Crippen molar-refractivity contribution in [2.45, 2.75) is 26.2 Å². The molecule has 21 heavy (non-hydrogen) atoms. The molecule has 1 aromatic carbocycles. The van der Waals surface area contributed by atoms with Gasteiger partial charge >= 0.3 is 0 Å². The van der Waals surface area contributed by atoms with E-state index in [0.29, 0.717) is 17.4 Å². The average Bonchev–Trinajstić information content (AvgIpc) is 2.39. The van der Waals surface area contributed by atoms with E-state index in [-0.39, 0.29) is 11.6 Å². The first-order valence-electron chi connectivity index (χ1n) is 6.86. The molecule has 0 saturated carbocycles. The fourth-order valence-electron chi connectivity index (χ4n) is 2.87.